The number of benzene rings is 3. The summed E-state index contributed by atoms with van der Waals surface area (Å²) >= 11 is 7.75. The van der Waals surface area contributed by atoms with Crippen LogP contribution in [0.25, 0.3) is 21.5 Å². The zero-order valence-electron chi connectivity index (χ0n) is 12.7. The molecule has 5 rings (SSSR count). The van der Waals surface area contributed by atoms with Gasteiger partial charge >= 0.3 is 0 Å². The molecule has 0 saturated carbocycles. The topological polar surface area (TPSA) is 47.3 Å². The first-order valence-corrected chi connectivity index (χ1v) is 8.83. The van der Waals surface area contributed by atoms with E-state index in [2.05, 4.69) is 0 Å². The van der Waals surface area contributed by atoms with Crippen molar-refractivity contribution in [2.75, 3.05) is 0 Å². The molecule has 5 heteroatoms. The van der Waals surface area contributed by atoms with Gasteiger partial charge in [0.05, 0.1) is 10.4 Å². The van der Waals surface area contributed by atoms with E-state index >= 15 is 0 Å². The van der Waals surface area contributed by atoms with Crippen molar-refractivity contribution in [3.8, 4) is 0 Å². The minimum atomic E-state index is -0.268. The fourth-order valence-corrected chi connectivity index (χ4v) is 4.33. The van der Waals surface area contributed by atoms with Crippen LogP contribution >= 0.6 is 23.4 Å². The summed E-state index contributed by atoms with van der Waals surface area (Å²) in [6.45, 7) is 0. The van der Waals surface area contributed by atoms with Crippen LogP contribution in [-0.4, -0.2) is 0 Å². The molecule has 1 aliphatic heterocycles. The van der Waals surface area contributed by atoms with E-state index in [-0.39, 0.29) is 21.7 Å². The lowest BCUT2D eigenvalue weighted by atomic mass is 10.1. The summed E-state index contributed by atoms with van der Waals surface area (Å²) in [5, 5.41) is 3.38. The van der Waals surface area contributed by atoms with Crippen LogP contribution < -0.4 is 10.9 Å². The standard InChI is InChI=1S/C20H9ClO3S/c21-14-8-7-13-15(17(23)19-18(24-19)16(13)22)20(14)25-12-6-5-10-3-1-2-4-11(10)9-12/h1-9H. The van der Waals surface area contributed by atoms with Crippen molar-refractivity contribution in [2.24, 2.45) is 0 Å². The Morgan fingerprint density at radius 2 is 1.60 bits per heavy atom. The monoisotopic (exact) mass is 364 g/mol. The molecule has 3 nitrogen and oxygen atoms in total. The molecule has 0 fully saturated rings. The van der Waals surface area contributed by atoms with Crippen molar-refractivity contribution in [1.29, 1.82) is 0 Å². The molecular weight excluding hydrogens is 356 g/mol. The van der Waals surface area contributed by atoms with Crippen LogP contribution in [0.5, 0.6) is 0 Å². The lowest BCUT2D eigenvalue weighted by Crippen LogP contribution is -2.09. The van der Waals surface area contributed by atoms with Gasteiger partial charge in [-0.25, -0.2) is 0 Å². The fraction of sp³-hybridized carbons (Fsp3) is 0. The Bertz CT molecular complexity index is 1420. The Labute approximate surface area is 150 Å². The zero-order chi connectivity index (χ0) is 17.1. The Kier molecular flexibility index (Phi) is 3.08. The van der Waals surface area contributed by atoms with Gasteiger partial charge in [0.15, 0.2) is 0 Å². The number of hydrogen-bond donors (Lipinski definition) is 0. The van der Waals surface area contributed by atoms with E-state index in [9.17, 15) is 9.59 Å². The lowest BCUT2D eigenvalue weighted by molar-refractivity contribution is 0.636. The molecule has 25 heavy (non-hydrogen) atoms. The fourth-order valence-electron chi connectivity index (χ4n) is 3.03. The third-order valence-corrected chi connectivity index (χ3v) is 5.85. The SMILES string of the molecule is O=c1c2oc=2c(=O)c2c(Sc3ccc4ccccc4c3)c(Cl)ccc12. The highest BCUT2D eigenvalue weighted by molar-refractivity contribution is 7.99. The normalized spacial score (nSPS) is 11.9. The molecule has 0 aromatic heterocycles. The van der Waals surface area contributed by atoms with E-state index in [1.165, 1.54) is 11.8 Å². The third-order valence-electron chi connectivity index (χ3n) is 4.30. The Morgan fingerprint density at radius 3 is 2.44 bits per heavy atom. The second kappa shape index (κ2) is 5.22. The van der Waals surface area contributed by atoms with Crippen LogP contribution in [0.2, 0.25) is 5.02 Å². The molecule has 2 aliphatic rings. The number of fused-ring (bicyclic) bond motifs is 2. The summed E-state index contributed by atoms with van der Waals surface area (Å²) in [4.78, 5) is 26.4. The van der Waals surface area contributed by atoms with Crippen molar-refractivity contribution >= 4 is 44.9 Å². The van der Waals surface area contributed by atoms with Crippen LogP contribution in [0.15, 0.2) is 78.4 Å². The average molecular weight is 365 g/mol. The first-order chi connectivity index (χ1) is 12.1. The average Bonchev–Trinajstić information content (AvgIpc) is 3.43. The highest BCUT2D eigenvalue weighted by Gasteiger charge is 2.21. The Balaban J connectivity index is 1.76. The van der Waals surface area contributed by atoms with E-state index in [1.54, 1.807) is 12.1 Å². The molecule has 0 unspecified atom stereocenters. The predicted octanol–water partition coefficient (Wildman–Crippen LogP) is 4.71. The molecule has 0 bridgehead atoms. The van der Waals surface area contributed by atoms with Crippen molar-refractivity contribution in [3.63, 3.8) is 0 Å². The van der Waals surface area contributed by atoms with Gasteiger partial charge in [-0.05, 0) is 35.0 Å². The third kappa shape index (κ3) is 2.22. The minimum absolute atomic E-state index is 0.153. The summed E-state index contributed by atoms with van der Waals surface area (Å²) in [6, 6.07) is 17.3. The van der Waals surface area contributed by atoms with Gasteiger partial charge in [-0.3, -0.25) is 9.59 Å². The minimum Gasteiger partial charge on any atom is -0.441 e. The van der Waals surface area contributed by atoms with Gasteiger partial charge in [-0.1, -0.05) is 53.7 Å². The largest absolute Gasteiger partial charge is 0.441 e. The molecule has 120 valence electrons. The molecular formula is C20H9ClO3S. The second-order valence-corrected chi connectivity index (χ2v) is 7.32. The maximum Gasteiger partial charge on any atom is 0.234 e. The molecule has 1 aliphatic carbocycles. The van der Waals surface area contributed by atoms with Gasteiger partial charge in [0.25, 0.3) is 0 Å². The van der Waals surface area contributed by atoms with Crippen molar-refractivity contribution < 1.29 is 4.42 Å². The molecule has 0 radical (unpaired) electrons. The summed E-state index contributed by atoms with van der Waals surface area (Å²) < 4.78 is 5.07. The van der Waals surface area contributed by atoms with Crippen LogP contribution in [0.4, 0.5) is 0 Å². The number of hydrogen-bond acceptors (Lipinski definition) is 4. The predicted molar refractivity (Wildman–Crippen MR) is 99.5 cm³/mol. The molecule has 0 spiro atoms. The van der Waals surface area contributed by atoms with Gasteiger partial charge < -0.3 is 4.42 Å². The highest BCUT2D eigenvalue weighted by atomic mass is 35.5. The molecule has 3 aromatic carbocycles. The van der Waals surface area contributed by atoms with Crippen LogP contribution in [0.3, 0.4) is 0 Å². The molecule has 0 atom stereocenters. The molecule has 3 aromatic rings. The molecule has 0 saturated heterocycles. The molecule has 0 amide bonds. The van der Waals surface area contributed by atoms with Crippen molar-refractivity contribution in [1.82, 2.24) is 0 Å². The van der Waals surface area contributed by atoms with Crippen LogP contribution in [0.1, 0.15) is 0 Å². The summed E-state index contributed by atoms with van der Waals surface area (Å²) in [6.07, 6.45) is 0. The van der Waals surface area contributed by atoms with E-state index in [1.807, 2.05) is 42.5 Å². The van der Waals surface area contributed by atoms with Gasteiger partial charge in [-0.15, -0.1) is 0 Å². The molecule has 0 N–H and O–H groups in total. The van der Waals surface area contributed by atoms with E-state index in [0.717, 1.165) is 15.7 Å². The first-order valence-electron chi connectivity index (χ1n) is 7.64. The molecule has 1 heterocycles. The lowest BCUT2D eigenvalue weighted by Gasteiger charge is -2.08. The number of halogens is 1. The van der Waals surface area contributed by atoms with Crippen LogP contribution in [-0.2, 0) is 0 Å². The van der Waals surface area contributed by atoms with Crippen molar-refractivity contribution in [2.45, 2.75) is 9.79 Å². The highest BCUT2D eigenvalue weighted by Crippen LogP contribution is 2.38. The van der Waals surface area contributed by atoms with Gasteiger partial charge in [0, 0.05) is 15.2 Å². The smallest absolute Gasteiger partial charge is 0.234 e. The Hall–Kier alpha value is -2.56. The van der Waals surface area contributed by atoms with E-state index in [0.29, 0.717) is 20.7 Å². The Morgan fingerprint density at radius 1 is 0.840 bits per heavy atom. The first kappa shape index (κ1) is 14.8. The summed E-state index contributed by atoms with van der Waals surface area (Å²) in [5.41, 5.74) is -0.196. The van der Waals surface area contributed by atoms with Gasteiger partial charge in [0.1, 0.15) is 0 Å². The summed E-state index contributed by atoms with van der Waals surface area (Å²) in [7, 11) is 0. The summed E-state index contributed by atoms with van der Waals surface area (Å²) in [5.74, 6) is 0. The van der Waals surface area contributed by atoms with Crippen molar-refractivity contribution in [3.05, 3.63) is 90.9 Å². The second-order valence-electron chi connectivity index (χ2n) is 5.83. The number of rotatable bonds is 2. The van der Waals surface area contributed by atoms with E-state index < -0.39 is 0 Å². The van der Waals surface area contributed by atoms with E-state index in [4.69, 9.17) is 16.0 Å². The van der Waals surface area contributed by atoms with Gasteiger partial charge in [0.2, 0.25) is 21.7 Å². The maximum absolute atomic E-state index is 12.6. The maximum atomic E-state index is 12.6. The quantitative estimate of drug-likeness (QED) is 0.455. The zero-order valence-corrected chi connectivity index (χ0v) is 14.3. The van der Waals surface area contributed by atoms with Gasteiger partial charge in [-0.2, -0.15) is 0 Å². The van der Waals surface area contributed by atoms with Crippen LogP contribution in [0, 0.1) is 10.8 Å².